The summed E-state index contributed by atoms with van der Waals surface area (Å²) < 4.78 is 40.2. The van der Waals surface area contributed by atoms with Gasteiger partial charge in [0, 0.05) is 23.4 Å². The molecule has 29 heavy (non-hydrogen) atoms. The number of benzene rings is 1. The van der Waals surface area contributed by atoms with Crippen LogP contribution in [0.4, 0.5) is 18.9 Å². The maximum atomic E-state index is 12.1. The van der Waals surface area contributed by atoms with Gasteiger partial charge in [-0.2, -0.15) is 0 Å². The maximum absolute atomic E-state index is 12.1. The van der Waals surface area contributed by atoms with Gasteiger partial charge < -0.3 is 15.0 Å². The number of carbonyl (C=O) groups is 1. The number of aromatic nitrogens is 2. The predicted molar refractivity (Wildman–Crippen MR) is 103 cm³/mol. The number of alkyl halides is 3. The number of halogens is 3. The molecule has 0 radical (unpaired) electrons. The number of carbonyl (C=O) groups excluding carboxylic acids is 1. The van der Waals surface area contributed by atoms with Gasteiger partial charge in [0.05, 0.1) is 5.69 Å². The molecule has 0 saturated carbocycles. The van der Waals surface area contributed by atoms with Crippen LogP contribution in [0.3, 0.4) is 0 Å². The lowest BCUT2D eigenvalue weighted by atomic mass is 9.97. The minimum atomic E-state index is -4.75. The molecule has 1 heterocycles. The molecule has 0 atom stereocenters. The normalized spacial score (nSPS) is 13.6. The second-order valence-corrected chi connectivity index (χ2v) is 7.66. The quantitative estimate of drug-likeness (QED) is 0.396. The van der Waals surface area contributed by atoms with Gasteiger partial charge in [0.25, 0.3) is 5.56 Å². The number of nitrogens with zero attached hydrogens (tertiary/aromatic N) is 1. The Morgan fingerprint density at radius 1 is 1.21 bits per heavy atom. The van der Waals surface area contributed by atoms with Crippen molar-refractivity contribution in [3.8, 4) is 5.75 Å². The van der Waals surface area contributed by atoms with Crippen molar-refractivity contribution in [2.24, 2.45) is 0 Å². The number of aromatic amines is 1. The first-order chi connectivity index (χ1) is 13.8. The molecule has 1 aromatic heterocycles. The van der Waals surface area contributed by atoms with Gasteiger partial charge in [-0.3, -0.25) is 9.59 Å². The minimum absolute atomic E-state index is 0.0760. The number of H-pyrrole nitrogens is 1. The number of ether oxygens (including phenoxy) is 1. The standard InChI is InChI=1S/C19H20F3N3O3S/c20-19(21,22)28-13-9-7-12(8-10-13)23-16(26)6-3-11-29-18-24-15-5-2-1-4-14(15)17(27)25-18/h7-10H,1-6,11H2,(H,23,26)(H,24,25,27). The first-order valence-corrected chi connectivity index (χ1v) is 10.2. The number of hydrogen-bond donors (Lipinski definition) is 2. The summed E-state index contributed by atoms with van der Waals surface area (Å²) in [6, 6.07) is 4.96. The van der Waals surface area contributed by atoms with E-state index in [1.54, 1.807) is 0 Å². The Bertz CT molecular complexity index is 914. The number of anilines is 1. The fourth-order valence-corrected chi connectivity index (χ4v) is 3.84. The number of hydrogen-bond acceptors (Lipinski definition) is 5. The summed E-state index contributed by atoms with van der Waals surface area (Å²) in [7, 11) is 0. The lowest BCUT2D eigenvalue weighted by molar-refractivity contribution is -0.274. The van der Waals surface area contributed by atoms with Crippen molar-refractivity contribution in [3.05, 3.63) is 45.9 Å². The molecule has 0 spiro atoms. The van der Waals surface area contributed by atoms with Crippen LogP contribution in [-0.2, 0) is 17.6 Å². The van der Waals surface area contributed by atoms with E-state index in [1.807, 2.05) is 0 Å². The van der Waals surface area contributed by atoms with Crippen LogP contribution in [0.5, 0.6) is 5.75 Å². The first kappa shape index (κ1) is 21.2. The third-order valence-corrected chi connectivity index (χ3v) is 5.29. The average molecular weight is 427 g/mol. The Hall–Kier alpha value is -2.49. The molecule has 1 aromatic carbocycles. The molecule has 2 aromatic rings. The molecule has 0 unspecified atom stereocenters. The Morgan fingerprint density at radius 2 is 1.93 bits per heavy atom. The van der Waals surface area contributed by atoms with E-state index in [1.165, 1.54) is 23.9 Å². The molecule has 1 amide bonds. The second kappa shape index (κ2) is 9.34. The molecule has 3 rings (SSSR count). The van der Waals surface area contributed by atoms with Crippen LogP contribution >= 0.6 is 11.8 Å². The molecule has 6 nitrogen and oxygen atoms in total. The molecular formula is C19H20F3N3O3S. The van der Waals surface area contributed by atoms with Crippen LogP contribution in [-0.4, -0.2) is 28.0 Å². The van der Waals surface area contributed by atoms with E-state index in [2.05, 4.69) is 20.0 Å². The molecule has 0 bridgehead atoms. The summed E-state index contributed by atoms with van der Waals surface area (Å²) >= 11 is 1.39. The maximum Gasteiger partial charge on any atom is 0.573 e. The third-order valence-electron chi connectivity index (χ3n) is 4.33. The smallest absolute Gasteiger partial charge is 0.406 e. The van der Waals surface area contributed by atoms with E-state index in [4.69, 9.17) is 0 Å². The molecular weight excluding hydrogens is 407 g/mol. The van der Waals surface area contributed by atoms with Crippen LogP contribution in [0.1, 0.15) is 36.9 Å². The molecule has 0 fully saturated rings. The summed E-state index contributed by atoms with van der Waals surface area (Å²) in [5.41, 5.74) is 1.97. The SMILES string of the molecule is O=C(CCCSc1nc2c(c(=O)[nH]1)CCCC2)Nc1ccc(OC(F)(F)F)cc1. The highest BCUT2D eigenvalue weighted by Gasteiger charge is 2.30. The van der Waals surface area contributed by atoms with Crippen molar-refractivity contribution in [2.45, 2.75) is 50.0 Å². The zero-order valence-electron chi connectivity index (χ0n) is 15.5. The summed E-state index contributed by atoms with van der Waals surface area (Å²) in [6.45, 7) is 0. The highest BCUT2D eigenvalue weighted by Crippen LogP contribution is 2.24. The molecule has 1 aliphatic rings. The van der Waals surface area contributed by atoms with Crippen molar-refractivity contribution in [3.63, 3.8) is 0 Å². The fourth-order valence-electron chi connectivity index (χ4n) is 3.01. The van der Waals surface area contributed by atoms with E-state index in [-0.39, 0.29) is 23.6 Å². The minimum Gasteiger partial charge on any atom is -0.406 e. The summed E-state index contributed by atoms with van der Waals surface area (Å²) in [5, 5.41) is 3.19. The van der Waals surface area contributed by atoms with Crippen molar-refractivity contribution in [1.82, 2.24) is 9.97 Å². The Morgan fingerprint density at radius 3 is 2.66 bits per heavy atom. The zero-order chi connectivity index (χ0) is 20.9. The van der Waals surface area contributed by atoms with E-state index in [0.717, 1.165) is 49.1 Å². The lowest BCUT2D eigenvalue weighted by Crippen LogP contribution is -2.21. The highest BCUT2D eigenvalue weighted by molar-refractivity contribution is 7.99. The largest absolute Gasteiger partial charge is 0.573 e. The predicted octanol–water partition coefficient (Wildman–Crippen LogP) is 4.06. The Balaban J connectivity index is 1.42. The van der Waals surface area contributed by atoms with E-state index in [9.17, 15) is 22.8 Å². The van der Waals surface area contributed by atoms with Gasteiger partial charge in [-0.15, -0.1) is 13.2 Å². The summed E-state index contributed by atoms with van der Waals surface area (Å²) in [5.74, 6) is 0.00784. The molecule has 10 heteroatoms. The topological polar surface area (TPSA) is 84.1 Å². The summed E-state index contributed by atoms with van der Waals surface area (Å²) in [6.07, 6.45) is -0.308. The van der Waals surface area contributed by atoms with Gasteiger partial charge in [-0.25, -0.2) is 4.98 Å². The van der Waals surface area contributed by atoms with Crippen molar-refractivity contribution in [1.29, 1.82) is 0 Å². The van der Waals surface area contributed by atoms with Crippen LogP contribution in [0.2, 0.25) is 0 Å². The lowest BCUT2D eigenvalue weighted by Gasteiger charge is -2.14. The van der Waals surface area contributed by atoms with Crippen molar-refractivity contribution >= 4 is 23.4 Å². The van der Waals surface area contributed by atoms with Crippen LogP contribution < -0.4 is 15.6 Å². The summed E-state index contributed by atoms with van der Waals surface area (Å²) in [4.78, 5) is 31.4. The number of fused-ring (bicyclic) bond motifs is 1. The number of nitrogens with one attached hydrogen (secondary N) is 2. The Kier molecular flexibility index (Phi) is 6.83. The van der Waals surface area contributed by atoms with Gasteiger partial charge in [0.15, 0.2) is 5.16 Å². The number of aryl methyl sites for hydroxylation is 1. The van der Waals surface area contributed by atoms with Crippen molar-refractivity contribution < 1.29 is 22.7 Å². The van der Waals surface area contributed by atoms with Crippen LogP contribution in [0.25, 0.3) is 0 Å². The van der Waals surface area contributed by atoms with E-state index >= 15 is 0 Å². The molecule has 156 valence electrons. The van der Waals surface area contributed by atoms with Crippen LogP contribution in [0.15, 0.2) is 34.2 Å². The fraction of sp³-hybridized carbons (Fsp3) is 0.421. The molecule has 0 aliphatic heterocycles. The number of rotatable bonds is 7. The third kappa shape index (κ3) is 6.52. The van der Waals surface area contributed by atoms with E-state index < -0.39 is 6.36 Å². The zero-order valence-corrected chi connectivity index (χ0v) is 16.3. The van der Waals surface area contributed by atoms with Gasteiger partial charge in [0.1, 0.15) is 5.75 Å². The second-order valence-electron chi connectivity index (χ2n) is 6.58. The average Bonchev–Trinajstić information content (AvgIpc) is 2.66. The van der Waals surface area contributed by atoms with Gasteiger partial charge in [-0.05, 0) is 56.4 Å². The molecule has 1 aliphatic carbocycles. The van der Waals surface area contributed by atoms with Gasteiger partial charge >= 0.3 is 6.36 Å². The molecule has 2 N–H and O–H groups in total. The highest BCUT2D eigenvalue weighted by atomic mass is 32.2. The van der Waals surface area contributed by atoms with E-state index in [0.29, 0.717) is 23.0 Å². The number of thioether (sulfide) groups is 1. The van der Waals surface area contributed by atoms with Gasteiger partial charge in [-0.1, -0.05) is 11.8 Å². The monoisotopic (exact) mass is 427 g/mol. The Labute approximate surface area is 169 Å². The molecule has 0 saturated heterocycles. The number of amides is 1. The van der Waals surface area contributed by atoms with Crippen LogP contribution in [0, 0.1) is 0 Å². The van der Waals surface area contributed by atoms with Gasteiger partial charge in [0.2, 0.25) is 5.91 Å². The van der Waals surface area contributed by atoms with Crippen molar-refractivity contribution in [2.75, 3.05) is 11.1 Å². The first-order valence-electron chi connectivity index (χ1n) is 9.21.